The first-order valence-electron chi connectivity index (χ1n) is 9.53. The van der Waals surface area contributed by atoms with Crippen molar-refractivity contribution in [2.24, 2.45) is 0 Å². The molecule has 0 fully saturated rings. The van der Waals surface area contributed by atoms with Crippen LogP contribution in [0.4, 0.5) is 10.3 Å². The van der Waals surface area contributed by atoms with Crippen LogP contribution in [0.1, 0.15) is 20.8 Å². The number of aromatic nitrogens is 2. The molecule has 0 saturated carbocycles. The van der Waals surface area contributed by atoms with Gasteiger partial charge in [0.05, 0.1) is 16.4 Å². The maximum Gasteiger partial charge on any atom is 0.246 e. The predicted molar refractivity (Wildman–Crippen MR) is 120 cm³/mol. The summed E-state index contributed by atoms with van der Waals surface area (Å²) in [6.07, 6.45) is 1.70. The van der Waals surface area contributed by atoms with E-state index in [4.69, 9.17) is 23.2 Å². The molecule has 2 amide bonds. The predicted octanol–water partition coefficient (Wildman–Crippen LogP) is 5.18. The summed E-state index contributed by atoms with van der Waals surface area (Å²) >= 11 is 11.9. The minimum absolute atomic E-state index is 0.0564. The van der Waals surface area contributed by atoms with E-state index in [0.29, 0.717) is 16.4 Å². The highest BCUT2D eigenvalue weighted by Crippen LogP contribution is 2.27. The second kappa shape index (κ2) is 9.49. The van der Waals surface area contributed by atoms with E-state index in [2.05, 4.69) is 10.3 Å². The van der Waals surface area contributed by atoms with E-state index in [1.807, 2.05) is 13.8 Å². The SMILES string of the molecule is CC(=O)N(CC(=O)Nc1nc(-c2ccc(Cl)cc2)cn1-c1ccc(F)c(Cl)c1)C(C)C. The first-order chi connectivity index (χ1) is 14.7. The van der Waals surface area contributed by atoms with E-state index in [1.165, 1.54) is 30.0 Å². The molecule has 3 rings (SSSR count). The first-order valence-corrected chi connectivity index (χ1v) is 10.3. The maximum atomic E-state index is 13.7. The molecule has 162 valence electrons. The largest absolute Gasteiger partial charge is 0.331 e. The Hall–Kier alpha value is -2.90. The van der Waals surface area contributed by atoms with Gasteiger partial charge in [0, 0.05) is 29.7 Å². The van der Waals surface area contributed by atoms with Crippen molar-refractivity contribution < 1.29 is 14.0 Å². The molecule has 1 N–H and O–H groups in total. The third-order valence-corrected chi connectivity index (χ3v) is 5.16. The van der Waals surface area contributed by atoms with Crippen LogP contribution >= 0.6 is 23.2 Å². The van der Waals surface area contributed by atoms with Crippen LogP contribution in [0.15, 0.2) is 48.7 Å². The molecule has 9 heteroatoms. The van der Waals surface area contributed by atoms with Crippen molar-refractivity contribution >= 4 is 41.0 Å². The third kappa shape index (κ3) is 5.42. The lowest BCUT2D eigenvalue weighted by Gasteiger charge is -2.24. The number of benzene rings is 2. The van der Waals surface area contributed by atoms with Crippen LogP contribution in [0.25, 0.3) is 16.9 Å². The zero-order chi connectivity index (χ0) is 22.7. The van der Waals surface area contributed by atoms with Crippen molar-refractivity contribution in [3.63, 3.8) is 0 Å². The van der Waals surface area contributed by atoms with Crippen molar-refractivity contribution in [2.75, 3.05) is 11.9 Å². The van der Waals surface area contributed by atoms with Crippen LogP contribution in [0.3, 0.4) is 0 Å². The average Bonchev–Trinajstić information content (AvgIpc) is 3.12. The van der Waals surface area contributed by atoms with Crippen molar-refractivity contribution in [3.05, 3.63) is 64.5 Å². The molecule has 2 aromatic carbocycles. The normalized spacial score (nSPS) is 10.9. The topological polar surface area (TPSA) is 67.2 Å². The molecule has 0 aliphatic rings. The van der Waals surface area contributed by atoms with E-state index in [9.17, 15) is 14.0 Å². The van der Waals surface area contributed by atoms with Crippen molar-refractivity contribution in [2.45, 2.75) is 26.8 Å². The molecule has 31 heavy (non-hydrogen) atoms. The Kier molecular flexibility index (Phi) is 6.97. The average molecular weight is 463 g/mol. The van der Waals surface area contributed by atoms with Crippen molar-refractivity contribution in [1.29, 1.82) is 0 Å². The van der Waals surface area contributed by atoms with Crippen LogP contribution in [0.5, 0.6) is 0 Å². The molecule has 0 radical (unpaired) electrons. The molecule has 1 heterocycles. The fourth-order valence-electron chi connectivity index (χ4n) is 3.04. The smallest absolute Gasteiger partial charge is 0.246 e. The van der Waals surface area contributed by atoms with Crippen LogP contribution < -0.4 is 5.32 Å². The minimum atomic E-state index is -0.553. The van der Waals surface area contributed by atoms with Crippen LogP contribution in [0.2, 0.25) is 10.0 Å². The van der Waals surface area contributed by atoms with E-state index in [0.717, 1.165) is 5.56 Å². The lowest BCUT2D eigenvalue weighted by Crippen LogP contribution is -2.41. The van der Waals surface area contributed by atoms with Crippen LogP contribution in [-0.2, 0) is 9.59 Å². The number of rotatable bonds is 6. The van der Waals surface area contributed by atoms with E-state index in [-0.39, 0.29) is 29.5 Å². The van der Waals surface area contributed by atoms with Crippen LogP contribution in [0, 0.1) is 5.82 Å². The molecule has 0 atom stereocenters. The van der Waals surface area contributed by atoms with Gasteiger partial charge in [-0.25, -0.2) is 9.37 Å². The second-order valence-corrected chi connectivity index (χ2v) is 8.06. The Labute approximate surface area is 189 Å². The quantitative estimate of drug-likeness (QED) is 0.548. The summed E-state index contributed by atoms with van der Waals surface area (Å²) < 4.78 is 15.2. The van der Waals surface area contributed by atoms with Gasteiger partial charge in [0.1, 0.15) is 12.4 Å². The molecule has 0 bridgehead atoms. The zero-order valence-electron chi connectivity index (χ0n) is 17.2. The summed E-state index contributed by atoms with van der Waals surface area (Å²) in [7, 11) is 0. The second-order valence-electron chi connectivity index (χ2n) is 7.21. The zero-order valence-corrected chi connectivity index (χ0v) is 18.7. The van der Waals surface area contributed by atoms with E-state index < -0.39 is 11.7 Å². The lowest BCUT2D eigenvalue weighted by molar-refractivity contribution is -0.134. The summed E-state index contributed by atoms with van der Waals surface area (Å²) in [6, 6.07) is 11.1. The van der Waals surface area contributed by atoms with Gasteiger partial charge in [0.2, 0.25) is 17.8 Å². The number of nitrogens with one attached hydrogen (secondary N) is 1. The Balaban J connectivity index is 1.98. The maximum absolute atomic E-state index is 13.7. The summed E-state index contributed by atoms with van der Waals surface area (Å²) in [5.74, 6) is -0.958. The van der Waals surface area contributed by atoms with Crippen LogP contribution in [-0.4, -0.2) is 38.9 Å². The molecular formula is C22H21Cl2FN4O2. The highest BCUT2D eigenvalue weighted by atomic mass is 35.5. The molecule has 1 aromatic heterocycles. The Morgan fingerprint density at radius 2 is 1.84 bits per heavy atom. The number of imidazole rings is 1. The Morgan fingerprint density at radius 1 is 1.16 bits per heavy atom. The number of nitrogens with zero attached hydrogens (tertiary/aromatic N) is 3. The molecule has 0 aliphatic heterocycles. The van der Waals surface area contributed by atoms with Gasteiger partial charge >= 0.3 is 0 Å². The fourth-order valence-corrected chi connectivity index (χ4v) is 3.34. The van der Waals surface area contributed by atoms with Gasteiger partial charge in [-0.1, -0.05) is 35.3 Å². The number of hydrogen-bond donors (Lipinski definition) is 1. The first kappa shape index (κ1) is 22.8. The Morgan fingerprint density at radius 3 is 2.42 bits per heavy atom. The Bertz CT molecular complexity index is 1110. The molecule has 0 aliphatic carbocycles. The van der Waals surface area contributed by atoms with Crippen molar-refractivity contribution in [3.8, 4) is 16.9 Å². The number of carbonyl (C=O) groups excluding carboxylic acids is 2. The molecule has 0 spiro atoms. The van der Waals surface area contributed by atoms with E-state index >= 15 is 0 Å². The molecular weight excluding hydrogens is 442 g/mol. The lowest BCUT2D eigenvalue weighted by atomic mass is 10.2. The molecule has 3 aromatic rings. The van der Waals surface area contributed by atoms with Crippen molar-refractivity contribution in [1.82, 2.24) is 14.5 Å². The van der Waals surface area contributed by atoms with Gasteiger partial charge < -0.3 is 4.90 Å². The van der Waals surface area contributed by atoms with Gasteiger partial charge in [-0.2, -0.15) is 0 Å². The summed E-state index contributed by atoms with van der Waals surface area (Å²) in [4.78, 5) is 30.4. The van der Waals surface area contributed by atoms with Gasteiger partial charge in [-0.05, 0) is 44.2 Å². The number of carbonyl (C=O) groups is 2. The minimum Gasteiger partial charge on any atom is -0.331 e. The van der Waals surface area contributed by atoms with Gasteiger partial charge in [0.15, 0.2) is 0 Å². The van der Waals surface area contributed by atoms with Gasteiger partial charge in [-0.15, -0.1) is 0 Å². The van der Waals surface area contributed by atoms with Gasteiger partial charge in [-0.3, -0.25) is 19.5 Å². The monoisotopic (exact) mass is 462 g/mol. The molecule has 0 saturated heterocycles. The number of anilines is 1. The highest BCUT2D eigenvalue weighted by Gasteiger charge is 2.20. The van der Waals surface area contributed by atoms with Gasteiger partial charge in [0.25, 0.3) is 0 Å². The summed E-state index contributed by atoms with van der Waals surface area (Å²) in [5.41, 5.74) is 1.86. The molecule has 6 nitrogen and oxygen atoms in total. The molecule has 0 unspecified atom stereocenters. The number of amides is 2. The third-order valence-electron chi connectivity index (χ3n) is 4.62. The van der Waals surface area contributed by atoms with E-state index in [1.54, 1.807) is 35.0 Å². The highest BCUT2D eigenvalue weighted by molar-refractivity contribution is 6.31. The standard InChI is InChI=1S/C22H21Cl2FN4O2/c1-13(2)28(14(3)30)12-21(31)27-22-26-20(15-4-6-16(23)7-5-15)11-29(22)17-8-9-19(25)18(24)10-17/h4-11,13H,12H2,1-3H3,(H,26,27,31). The number of hydrogen-bond acceptors (Lipinski definition) is 3. The summed E-state index contributed by atoms with van der Waals surface area (Å²) in [6.45, 7) is 4.94. The fraction of sp³-hybridized carbons (Fsp3) is 0.227. The summed E-state index contributed by atoms with van der Waals surface area (Å²) in [5, 5.41) is 3.27. The number of halogens is 3.